The molecular formula is C15H20FNO3. The van der Waals surface area contributed by atoms with Crippen LogP contribution in [-0.2, 0) is 11.3 Å². The van der Waals surface area contributed by atoms with Gasteiger partial charge in [0.25, 0.3) is 0 Å². The minimum Gasteiger partial charge on any atom is -0.465 e. The molecule has 0 bridgehead atoms. The molecule has 2 rings (SSSR count). The van der Waals surface area contributed by atoms with Gasteiger partial charge >= 0.3 is 5.97 Å². The number of benzene rings is 1. The molecule has 0 radical (unpaired) electrons. The number of rotatable bonds is 4. The minimum atomic E-state index is -0.666. The normalized spacial score (nSPS) is 19.9. The summed E-state index contributed by atoms with van der Waals surface area (Å²) in [7, 11) is 1.23. The van der Waals surface area contributed by atoms with Gasteiger partial charge in [-0.1, -0.05) is 12.5 Å². The third-order valence-electron chi connectivity index (χ3n) is 3.78. The topological polar surface area (TPSA) is 49.8 Å². The van der Waals surface area contributed by atoms with Crippen LogP contribution in [-0.4, -0.2) is 42.3 Å². The lowest BCUT2D eigenvalue weighted by molar-refractivity contribution is 0.0595. The van der Waals surface area contributed by atoms with Crippen LogP contribution < -0.4 is 0 Å². The number of piperidine rings is 1. The van der Waals surface area contributed by atoms with E-state index in [1.807, 2.05) is 0 Å². The van der Waals surface area contributed by atoms with Crippen molar-refractivity contribution in [3.63, 3.8) is 0 Å². The summed E-state index contributed by atoms with van der Waals surface area (Å²) in [6, 6.07) is 4.70. The number of halogens is 1. The number of likely N-dealkylation sites (tertiary alicyclic amines) is 1. The second-order valence-corrected chi connectivity index (χ2v) is 5.11. The maximum absolute atomic E-state index is 13.9. The van der Waals surface area contributed by atoms with Crippen LogP contribution in [0, 0.1) is 5.82 Å². The summed E-state index contributed by atoms with van der Waals surface area (Å²) in [6.45, 7) is 1.62. The molecule has 0 aromatic heterocycles. The SMILES string of the molecule is COC(=O)c1ccc(CN2CCCCC2CO)cc1F. The van der Waals surface area contributed by atoms with E-state index < -0.39 is 11.8 Å². The fourth-order valence-corrected chi connectivity index (χ4v) is 2.64. The largest absolute Gasteiger partial charge is 0.465 e. The summed E-state index contributed by atoms with van der Waals surface area (Å²) < 4.78 is 18.4. The van der Waals surface area contributed by atoms with Crippen molar-refractivity contribution in [1.82, 2.24) is 4.90 Å². The molecule has 0 amide bonds. The number of nitrogens with zero attached hydrogens (tertiary/aromatic N) is 1. The summed E-state index contributed by atoms with van der Waals surface area (Å²) in [5, 5.41) is 9.37. The number of carbonyl (C=O) groups is 1. The van der Waals surface area contributed by atoms with Gasteiger partial charge in [-0.2, -0.15) is 0 Å². The predicted molar refractivity (Wildman–Crippen MR) is 72.9 cm³/mol. The fourth-order valence-electron chi connectivity index (χ4n) is 2.64. The maximum atomic E-state index is 13.9. The van der Waals surface area contributed by atoms with E-state index in [0.29, 0.717) is 6.54 Å². The average molecular weight is 281 g/mol. The molecule has 1 heterocycles. The molecule has 1 fully saturated rings. The summed E-state index contributed by atoms with van der Waals surface area (Å²) in [6.07, 6.45) is 3.19. The van der Waals surface area contributed by atoms with Gasteiger partial charge in [0.2, 0.25) is 0 Å². The van der Waals surface area contributed by atoms with Crippen LogP contribution >= 0.6 is 0 Å². The molecule has 0 saturated carbocycles. The van der Waals surface area contributed by atoms with Gasteiger partial charge in [0.15, 0.2) is 0 Å². The van der Waals surface area contributed by atoms with Gasteiger partial charge in [-0.05, 0) is 37.1 Å². The summed E-state index contributed by atoms with van der Waals surface area (Å²) >= 11 is 0. The van der Waals surface area contributed by atoms with Crippen LogP contribution in [0.5, 0.6) is 0 Å². The highest BCUT2D eigenvalue weighted by atomic mass is 19.1. The Balaban J connectivity index is 2.09. The second-order valence-electron chi connectivity index (χ2n) is 5.11. The monoisotopic (exact) mass is 281 g/mol. The minimum absolute atomic E-state index is 0.0476. The lowest BCUT2D eigenvalue weighted by Crippen LogP contribution is -2.41. The highest BCUT2D eigenvalue weighted by molar-refractivity contribution is 5.89. The van der Waals surface area contributed by atoms with E-state index in [4.69, 9.17) is 0 Å². The molecular weight excluding hydrogens is 261 g/mol. The molecule has 1 saturated heterocycles. The van der Waals surface area contributed by atoms with Gasteiger partial charge in [0.05, 0.1) is 19.3 Å². The second kappa shape index (κ2) is 6.81. The summed E-state index contributed by atoms with van der Waals surface area (Å²) in [5.41, 5.74) is 0.754. The van der Waals surface area contributed by atoms with Crippen molar-refractivity contribution < 1.29 is 19.0 Å². The number of hydrogen-bond acceptors (Lipinski definition) is 4. The zero-order chi connectivity index (χ0) is 14.5. The van der Waals surface area contributed by atoms with E-state index in [1.165, 1.54) is 19.2 Å². The molecule has 1 aliphatic heterocycles. The van der Waals surface area contributed by atoms with Crippen molar-refractivity contribution in [1.29, 1.82) is 0 Å². The van der Waals surface area contributed by atoms with E-state index in [2.05, 4.69) is 9.64 Å². The van der Waals surface area contributed by atoms with E-state index in [0.717, 1.165) is 31.4 Å². The van der Waals surface area contributed by atoms with Gasteiger partial charge in [-0.3, -0.25) is 4.90 Å². The highest BCUT2D eigenvalue weighted by Gasteiger charge is 2.22. The van der Waals surface area contributed by atoms with Crippen LogP contribution in [0.4, 0.5) is 4.39 Å². The Hall–Kier alpha value is -1.46. The molecule has 4 nitrogen and oxygen atoms in total. The first-order valence-corrected chi connectivity index (χ1v) is 6.87. The highest BCUT2D eigenvalue weighted by Crippen LogP contribution is 2.20. The molecule has 1 unspecified atom stereocenters. The van der Waals surface area contributed by atoms with Crippen LogP contribution in [0.15, 0.2) is 18.2 Å². The number of methoxy groups -OCH3 is 1. The predicted octanol–water partition coefficient (Wildman–Crippen LogP) is 1.96. The number of esters is 1. The molecule has 1 aliphatic rings. The van der Waals surface area contributed by atoms with Crippen molar-refractivity contribution in [2.75, 3.05) is 20.3 Å². The van der Waals surface area contributed by atoms with Crippen LogP contribution in [0.25, 0.3) is 0 Å². The molecule has 1 N–H and O–H groups in total. The fraction of sp³-hybridized carbons (Fsp3) is 0.533. The molecule has 1 aromatic rings. The molecule has 20 heavy (non-hydrogen) atoms. The number of ether oxygens (including phenoxy) is 1. The average Bonchev–Trinajstić information content (AvgIpc) is 2.47. The van der Waals surface area contributed by atoms with Crippen LogP contribution in [0.3, 0.4) is 0 Å². The molecule has 1 atom stereocenters. The zero-order valence-electron chi connectivity index (χ0n) is 11.6. The molecule has 110 valence electrons. The summed E-state index contributed by atoms with van der Waals surface area (Å²) in [5.74, 6) is -1.23. The number of hydrogen-bond donors (Lipinski definition) is 1. The molecule has 0 spiro atoms. The van der Waals surface area contributed by atoms with E-state index in [1.54, 1.807) is 6.07 Å². The molecule has 5 heteroatoms. The van der Waals surface area contributed by atoms with Gasteiger partial charge in [-0.15, -0.1) is 0 Å². The Morgan fingerprint density at radius 3 is 2.95 bits per heavy atom. The van der Waals surface area contributed by atoms with Crippen molar-refractivity contribution in [2.24, 2.45) is 0 Å². The first kappa shape index (κ1) is 14.9. The summed E-state index contributed by atoms with van der Waals surface area (Å²) in [4.78, 5) is 13.5. The smallest absolute Gasteiger partial charge is 0.340 e. The van der Waals surface area contributed by atoms with Crippen LogP contribution in [0.2, 0.25) is 0 Å². The number of aliphatic hydroxyl groups excluding tert-OH is 1. The Bertz CT molecular complexity index is 478. The van der Waals surface area contributed by atoms with E-state index >= 15 is 0 Å². The Labute approximate surface area is 118 Å². The first-order valence-electron chi connectivity index (χ1n) is 6.87. The standard InChI is InChI=1S/C15H20FNO3/c1-20-15(19)13-6-5-11(8-14(13)16)9-17-7-3-2-4-12(17)10-18/h5-6,8,12,18H,2-4,7,9-10H2,1H3. The maximum Gasteiger partial charge on any atom is 0.340 e. The molecule has 0 aliphatic carbocycles. The van der Waals surface area contributed by atoms with Crippen LogP contribution in [0.1, 0.15) is 35.2 Å². The van der Waals surface area contributed by atoms with Crippen molar-refractivity contribution in [3.05, 3.63) is 35.1 Å². The van der Waals surface area contributed by atoms with Gasteiger partial charge in [0, 0.05) is 12.6 Å². The first-order chi connectivity index (χ1) is 9.65. The Kier molecular flexibility index (Phi) is 5.09. The Morgan fingerprint density at radius 2 is 2.30 bits per heavy atom. The quantitative estimate of drug-likeness (QED) is 0.857. The van der Waals surface area contributed by atoms with Crippen molar-refractivity contribution in [2.45, 2.75) is 31.8 Å². The van der Waals surface area contributed by atoms with Gasteiger partial charge < -0.3 is 9.84 Å². The van der Waals surface area contributed by atoms with E-state index in [9.17, 15) is 14.3 Å². The molecule has 1 aromatic carbocycles. The Morgan fingerprint density at radius 1 is 1.50 bits per heavy atom. The van der Waals surface area contributed by atoms with Crippen molar-refractivity contribution >= 4 is 5.97 Å². The van der Waals surface area contributed by atoms with Crippen molar-refractivity contribution in [3.8, 4) is 0 Å². The lowest BCUT2D eigenvalue weighted by atomic mass is 10.0. The number of aliphatic hydroxyl groups is 1. The van der Waals surface area contributed by atoms with E-state index in [-0.39, 0.29) is 18.2 Å². The third-order valence-corrected chi connectivity index (χ3v) is 3.78. The lowest BCUT2D eigenvalue weighted by Gasteiger charge is -2.34. The third kappa shape index (κ3) is 3.35. The van der Waals surface area contributed by atoms with Gasteiger partial charge in [0.1, 0.15) is 5.82 Å². The zero-order valence-corrected chi connectivity index (χ0v) is 11.6. The number of carbonyl (C=O) groups excluding carboxylic acids is 1. The van der Waals surface area contributed by atoms with Gasteiger partial charge in [-0.25, -0.2) is 9.18 Å².